The fraction of sp³-hybridized carbons (Fsp3) is 0.391. The second-order valence-electron chi connectivity index (χ2n) is 8.15. The molecule has 0 radical (unpaired) electrons. The van der Waals surface area contributed by atoms with Gasteiger partial charge in [0, 0.05) is 30.2 Å². The quantitative estimate of drug-likeness (QED) is 0.752. The van der Waals surface area contributed by atoms with Gasteiger partial charge in [0.05, 0.1) is 0 Å². The number of carbonyl (C=O) groups is 2. The van der Waals surface area contributed by atoms with Crippen molar-refractivity contribution in [2.75, 3.05) is 28.6 Å². The third-order valence-corrected chi connectivity index (χ3v) is 5.21. The Morgan fingerprint density at radius 1 is 0.821 bits per heavy atom. The number of benzene rings is 2. The van der Waals surface area contributed by atoms with Gasteiger partial charge in [-0.25, -0.2) is 0 Å². The maximum absolute atomic E-state index is 12.8. The average Bonchev–Trinajstić information content (AvgIpc) is 3.16. The molecular formula is C23H29N3O2. The average molecular weight is 380 g/mol. The molecule has 0 unspecified atom stereocenters. The summed E-state index contributed by atoms with van der Waals surface area (Å²) >= 11 is 0. The molecule has 0 aromatic heterocycles. The lowest BCUT2D eigenvalue weighted by Gasteiger charge is -2.23. The van der Waals surface area contributed by atoms with Crippen LogP contribution in [0.4, 0.5) is 17.1 Å². The first-order chi connectivity index (χ1) is 13.3. The first-order valence-corrected chi connectivity index (χ1v) is 9.82. The summed E-state index contributed by atoms with van der Waals surface area (Å²) in [5.74, 6) is -0.660. The fourth-order valence-corrected chi connectivity index (χ4v) is 3.46. The third kappa shape index (κ3) is 4.53. The first kappa shape index (κ1) is 19.9. The Labute approximate surface area is 167 Å². The van der Waals surface area contributed by atoms with E-state index in [1.807, 2.05) is 56.3 Å². The number of nitrogens with zero attached hydrogens (tertiary/aromatic N) is 1. The van der Waals surface area contributed by atoms with Crippen molar-refractivity contribution >= 4 is 28.9 Å². The Balaban J connectivity index is 1.65. The van der Waals surface area contributed by atoms with Crippen LogP contribution in [0, 0.1) is 19.3 Å². The first-order valence-electron chi connectivity index (χ1n) is 9.82. The molecule has 1 saturated heterocycles. The second-order valence-corrected chi connectivity index (χ2v) is 8.15. The van der Waals surface area contributed by atoms with Crippen molar-refractivity contribution in [1.82, 2.24) is 0 Å². The zero-order chi connectivity index (χ0) is 20.3. The minimum Gasteiger partial charge on any atom is -0.372 e. The Hall–Kier alpha value is -2.82. The second kappa shape index (κ2) is 8.05. The van der Waals surface area contributed by atoms with Crippen molar-refractivity contribution in [1.29, 1.82) is 0 Å². The molecule has 0 aliphatic carbocycles. The number of anilines is 3. The van der Waals surface area contributed by atoms with E-state index in [9.17, 15) is 9.59 Å². The number of hydrogen-bond acceptors (Lipinski definition) is 3. The summed E-state index contributed by atoms with van der Waals surface area (Å²) in [6, 6.07) is 13.7. The van der Waals surface area contributed by atoms with Gasteiger partial charge in [-0.1, -0.05) is 6.07 Å². The van der Waals surface area contributed by atoms with E-state index in [0.29, 0.717) is 11.4 Å². The van der Waals surface area contributed by atoms with Crippen LogP contribution in [0.2, 0.25) is 0 Å². The van der Waals surface area contributed by atoms with Crippen LogP contribution in [0.5, 0.6) is 0 Å². The molecule has 1 aliphatic rings. The topological polar surface area (TPSA) is 61.4 Å². The molecule has 0 spiro atoms. The molecule has 3 rings (SSSR count). The Morgan fingerprint density at radius 3 is 1.86 bits per heavy atom. The predicted molar refractivity (Wildman–Crippen MR) is 115 cm³/mol. The van der Waals surface area contributed by atoms with E-state index in [1.165, 1.54) is 18.5 Å². The zero-order valence-corrected chi connectivity index (χ0v) is 17.1. The largest absolute Gasteiger partial charge is 0.372 e. The molecule has 5 nitrogen and oxygen atoms in total. The molecule has 5 heteroatoms. The van der Waals surface area contributed by atoms with Crippen molar-refractivity contribution in [2.24, 2.45) is 5.41 Å². The van der Waals surface area contributed by atoms with Gasteiger partial charge in [0.15, 0.2) is 0 Å². The smallest absolute Gasteiger partial charge is 0.239 e. The highest BCUT2D eigenvalue weighted by molar-refractivity contribution is 6.14. The van der Waals surface area contributed by atoms with Crippen LogP contribution in [0.15, 0.2) is 42.5 Å². The Kier molecular flexibility index (Phi) is 5.73. The highest BCUT2D eigenvalue weighted by Crippen LogP contribution is 2.25. The predicted octanol–water partition coefficient (Wildman–Crippen LogP) is 4.51. The van der Waals surface area contributed by atoms with Gasteiger partial charge in [-0.15, -0.1) is 0 Å². The molecule has 1 fully saturated rings. The number of carbonyl (C=O) groups excluding carboxylic acids is 2. The highest BCUT2D eigenvalue weighted by atomic mass is 16.2. The van der Waals surface area contributed by atoms with Crippen molar-refractivity contribution in [3.63, 3.8) is 0 Å². The van der Waals surface area contributed by atoms with Gasteiger partial charge < -0.3 is 15.5 Å². The molecule has 0 saturated carbocycles. The van der Waals surface area contributed by atoms with E-state index in [0.717, 1.165) is 24.2 Å². The minimum atomic E-state index is -1.20. The van der Waals surface area contributed by atoms with Crippen LogP contribution in [-0.4, -0.2) is 24.9 Å². The maximum Gasteiger partial charge on any atom is 0.239 e. The van der Waals surface area contributed by atoms with Crippen molar-refractivity contribution in [2.45, 2.75) is 40.5 Å². The van der Waals surface area contributed by atoms with Gasteiger partial charge >= 0.3 is 0 Å². The number of nitrogens with one attached hydrogen (secondary N) is 2. The summed E-state index contributed by atoms with van der Waals surface area (Å²) in [6.45, 7) is 9.39. The third-order valence-electron chi connectivity index (χ3n) is 5.21. The SMILES string of the molecule is Cc1cc(C)cc(NC(=O)C(C)(C)C(=O)Nc2ccc(N3CCCC3)cc2)c1. The van der Waals surface area contributed by atoms with Crippen LogP contribution in [-0.2, 0) is 9.59 Å². The molecule has 0 atom stereocenters. The van der Waals surface area contributed by atoms with Gasteiger partial charge in [0.2, 0.25) is 11.8 Å². The van der Waals surface area contributed by atoms with Crippen molar-refractivity contribution in [3.05, 3.63) is 53.6 Å². The fourth-order valence-electron chi connectivity index (χ4n) is 3.46. The molecule has 2 aromatic rings. The molecule has 2 N–H and O–H groups in total. The molecule has 1 heterocycles. The molecule has 2 amide bonds. The maximum atomic E-state index is 12.8. The van der Waals surface area contributed by atoms with Crippen LogP contribution in [0.3, 0.4) is 0 Å². The summed E-state index contributed by atoms with van der Waals surface area (Å²) in [4.78, 5) is 27.8. The summed E-state index contributed by atoms with van der Waals surface area (Å²) in [6.07, 6.45) is 2.45. The van der Waals surface area contributed by atoms with Crippen LogP contribution < -0.4 is 15.5 Å². The van der Waals surface area contributed by atoms with Crippen LogP contribution in [0.25, 0.3) is 0 Å². The summed E-state index contributed by atoms with van der Waals surface area (Å²) in [5.41, 5.74) is 3.50. The highest BCUT2D eigenvalue weighted by Gasteiger charge is 2.36. The van der Waals surface area contributed by atoms with Gasteiger partial charge in [-0.3, -0.25) is 9.59 Å². The molecule has 0 bridgehead atoms. The molecule has 28 heavy (non-hydrogen) atoms. The van der Waals surface area contributed by atoms with Crippen LogP contribution in [0.1, 0.15) is 37.8 Å². The van der Waals surface area contributed by atoms with Crippen LogP contribution >= 0.6 is 0 Å². The lowest BCUT2D eigenvalue weighted by molar-refractivity contribution is -0.135. The number of rotatable bonds is 5. The van der Waals surface area contributed by atoms with Crippen molar-refractivity contribution in [3.8, 4) is 0 Å². The van der Waals surface area contributed by atoms with E-state index in [4.69, 9.17) is 0 Å². The van der Waals surface area contributed by atoms with Gasteiger partial charge in [-0.05, 0) is 88.1 Å². The van der Waals surface area contributed by atoms with E-state index in [1.54, 1.807) is 13.8 Å². The molecular weight excluding hydrogens is 350 g/mol. The normalized spacial score (nSPS) is 14.1. The summed E-state index contributed by atoms with van der Waals surface area (Å²) in [7, 11) is 0. The standard InChI is InChI=1S/C23H29N3O2/c1-16-13-17(2)15-19(14-16)25-22(28)23(3,4)21(27)24-18-7-9-20(10-8-18)26-11-5-6-12-26/h7-10,13-15H,5-6,11-12H2,1-4H3,(H,24,27)(H,25,28). The lowest BCUT2D eigenvalue weighted by Crippen LogP contribution is -2.41. The summed E-state index contributed by atoms with van der Waals surface area (Å²) < 4.78 is 0. The monoisotopic (exact) mass is 379 g/mol. The van der Waals surface area contributed by atoms with Gasteiger partial charge in [0.1, 0.15) is 5.41 Å². The van der Waals surface area contributed by atoms with E-state index >= 15 is 0 Å². The Bertz CT molecular complexity index is 846. The lowest BCUT2D eigenvalue weighted by atomic mass is 9.90. The summed E-state index contributed by atoms with van der Waals surface area (Å²) in [5, 5.41) is 5.74. The van der Waals surface area contributed by atoms with E-state index in [2.05, 4.69) is 15.5 Å². The molecule has 2 aromatic carbocycles. The molecule has 148 valence electrons. The Morgan fingerprint density at radius 2 is 1.32 bits per heavy atom. The van der Waals surface area contributed by atoms with Crippen molar-refractivity contribution < 1.29 is 9.59 Å². The van der Waals surface area contributed by atoms with Gasteiger partial charge in [-0.2, -0.15) is 0 Å². The van der Waals surface area contributed by atoms with E-state index in [-0.39, 0.29) is 11.8 Å². The van der Waals surface area contributed by atoms with E-state index < -0.39 is 5.41 Å². The van der Waals surface area contributed by atoms with Gasteiger partial charge in [0.25, 0.3) is 0 Å². The number of aryl methyl sites for hydroxylation is 2. The molecule has 1 aliphatic heterocycles. The number of amides is 2. The minimum absolute atomic E-state index is 0.330. The zero-order valence-electron chi connectivity index (χ0n) is 17.1. The number of hydrogen-bond donors (Lipinski definition) is 2.